The van der Waals surface area contributed by atoms with Gasteiger partial charge in [-0.3, -0.25) is 29.8 Å². The summed E-state index contributed by atoms with van der Waals surface area (Å²) in [7, 11) is 0. The van der Waals surface area contributed by atoms with Gasteiger partial charge < -0.3 is 24.8 Å². The van der Waals surface area contributed by atoms with Crippen molar-refractivity contribution in [1.82, 2.24) is 20.1 Å². The monoisotopic (exact) mass is 550 g/mol. The molecule has 4 amide bonds. The number of imide groups is 1. The molecule has 4 atom stereocenters. The minimum Gasteiger partial charge on any atom is -0.477 e. The van der Waals surface area contributed by atoms with Gasteiger partial charge in [0.2, 0.25) is 5.43 Å². The summed E-state index contributed by atoms with van der Waals surface area (Å²) < 4.78 is 32.4. The van der Waals surface area contributed by atoms with Crippen LogP contribution in [0.2, 0.25) is 0 Å². The molecule has 0 radical (unpaired) electrons. The molecule has 3 heterocycles. The molecule has 2 aliphatic heterocycles. The summed E-state index contributed by atoms with van der Waals surface area (Å²) in [5.41, 5.74) is -2.46. The van der Waals surface area contributed by atoms with Gasteiger partial charge in [-0.15, -0.1) is 0 Å². The molecule has 4 unspecified atom stereocenters. The van der Waals surface area contributed by atoms with E-state index >= 15 is 8.78 Å². The van der Waals surface area contributed by atoms with E-state index in [9.17, 15) is 39.2 Å². The lowest BCUT2D eigenvalue weighted by molar-refractivity contribution is -0.510. The average Bonchev–Trinajstić information content (AvgIpc) is 2.83. The van der Waals surface area contributed by atoms with Gasteiger partial charge in [0, 0.05) is 42.8 Å². The van der Waals surface area contributed by atoms with E-state index in [1.807, 2.05) is 0 Å². The number of piperazine rings is 1. The Bertz CT molecular complexity index is 1480. The Labute approximate surface area is 218 Å². The van der Waals surface area contributed by atoms with Crippen LogP contribution in [-0.2, 0) is 16.1 Å². The molecular formula is C23H24F2N6O8. The first-order valence-electron chi connectivity index (χ1n) is 11.9. The molecule has 4 rings (SSSR count). The second-order valence-electron chi connectivity index (χ2n) is 9.40. The number of hydrogen-bond donors (Lipinski definition) is 3. The lowest BCUT2D eigenvalue weighted by Gasteiger charge is -2.46. The van der Waals surface area contributed by atoms with Crippen LogP contribution in [-0.4, -0.2) is 80.6 Å². The van der Waals surface area contributed by atoms with E-state index in [1.165, 1.54) is 28.2 Å². The number of aryl methyl sites for hydroxylation is 1. The number of fused-ring (bicyclic) bond motifs is 1. The molecule has 2 aliphatic rings. The van der Waals surface area contributed by atoms with Gasteiger partial charge in [0.1, 0.15) is 17.1 Å². The number of nitrogens with zero attached hydrogens (tertiary/aromatic N) is 4. The topological polar surface area (TPSA) is 184 Å². The number of halogens is 2. The number of urea groups is 1. The van der Waals surface area contributed by atoms with E-state index in [2.05, 4.69) is 5.32 Å². The van der Waals surface area contributed by atoms with Gasteiger partial charge in [-0.2, -0.15) is 0 Å². The summed E-state index contributed by atoms with van der Waals surface area (Å²) in [6.07, 6.45) is 0.986. The number of aromatic carboxylic acids is 1. The van der Waals surface area contributed by atoms with Crippen molar-refractivity contribution in [1.29, 1.82) is 0 Å². The van der Waals surface area contributed by atoms with Crippen molar-refractivity contribution >= 4 is 40.4 Å². The molecule has 2 aromatic rings. The number of benzene rings is 1. The molecule has 0 bridgehead atoms. The summed E-state index contributed by atoms with van der Waals surface area (Å²) in [5.74, 6) is -5.89. The predicted octanol–water partition coefficient (Wildman–Crippen LogP) is 0.277. The predicted molar refractivity (Wildman–Crippen MR) is 130 cm³/mol. The van der Waals surface area contributed by atoms with Crippen molar-refractivity contribution in [2.24, 2.45) is 0 Å². The van der Waals surface area contributed by atoms with Crippen molar-refractivity contribution in [2.45, 2.75) is 51.5 Å². The maximum Gasteiger partial charge on any atom is 0.341 e. The fourth-order valence-corrected chi connectivity index (χ4v) is 5.28. The molecule has 14 nitrogen and oxygen atoms in total. The standard InChI is InChI=1S/C23H24F2N6O8/c1-4-28-8-12(22(35)36)19(32)11-5-13(24)17(14(25)16(11)28)29-6-9(2)30(10(3)7-29)21(34)15-18(31(38)39)20(33)27-23(37)26-15/h5,8-10,15,18H,4,6-7H2,1-3H3,(H,35,36)(H2,26,27,33,37). The number of pyridine rings is 1. The molecule has 2 fully saturated rings. The van der Waals surface area contributed by atoms with E-state index in [1.54, 1.807) is 12.2 Å². The van der Waals surface area contributed by atoms with Crippen LogP contribution >= 0.6 is 0 Å². The van der Waals surface area contributed by atoms with Crippen LogP contribution in [0.25, 0.3) is 10.9 Å². The number of nitro groups is 1. The number of aromatic nitrogens is 1. The normalized spacial score (nSPS) is 23.4. The second kappa shape index (κ2) is 9.92. The van der Waals surface area contributed by atoms with Gasteiger partial charge in [0.25, 0.3) is 5.91 Å². The second-order valence-corrected chi connectivity index (χ2v) is 9.40. The Morgan fingerprint density at radius 3 is 2.33 bits per heavy atom. The third-order valence-electron chi connectivity index (χ3n) is 6.89. The molecule has 1 aromatic heterocycles. The third-order valence-corrected chi connectivity index (χ3v) is 6.89. The third kappa shape index (κ3) is 4.51. The van der Waals surface area contributed by atoms with Crippen molar-refractivity contribution in [3.05, 3.63) is 49.8 Å². The molecule has 1 aromatic carbocycles. The molecule has 208 valence electrons. The molecule has 0 saturated carbocycles. The number of carbonyl (C=O) groups is 4. The first-order valence-corrected chi connectivity index (χ1v) is 11.9. The van der Waals surface area contributed by atoms with Gasteiger partial charge in [0.05, 0.1) is 10.9 Å². The minimum atomic E-state index is -2.07. The summed E-state index contributed by atoms with van der Waals surface area (Å²) in [6.45, 7) is 4.44. The molecular weight excluding hydrogens is 526 g/mol. The maximum absolute atomic E-state index is 15.9. The van der Waals surface area contributed by atoms with Crippen molar-refractivity contribution < 1.29 is 38.0 Å². The van der Waals surface area contributed by atoms with Crippen molar-refractivity contribution in [3.63, 3.8) is 0 Å². The van der Waals surface area contributed by atoms with E-state index in [4.69, 9.17) is 0 Å². The highest BCUT2D eigenvalue weighted by molar-refractivity contribution is 6.05. The number of hydrogen-bond acceptors (Lipinski definition) is 8. The first kappa shape index (κ1) is 27.4. The molecule has 39 heavy (non-hydrogen) atoms. The van der Waals surface area contributed by atoms with Crippen LogP contribution in [0.5, 0.6) is 0 Å². The van der Waals surface area contributed by atoms with Crippen LogP contribution in [0.1, 0.15) is 31.1 Å². The zero-order valence-electron chi connectivity index (χ0n) is 20.9. The Kier molecular flexibility index (Phi) is 6.97. The number of carbonyl (C=O) groups excluding carboxylic acids is 3. The number of amides is 4. The minimum absolute atomic E-state index is 0.0758. The lowest BCUT2D eigenvalue weighted by atomic mass is 9.99. The zero-order valence-corrected chi connectivity index (χ0v) is 20.9. The Hall–Kier alpha value is -4.63. The van der Waals surface area contributed by atoms with E-state index in [-0.39, 0.29) is 25.2 Å². The quantitative estimate of drug-likeness (QED) is 0.347. The highest BCUT2D eigenvalue weighted by Gasteiger charge is 2.51. The van der Waals surface area contributed by atoms with Gasteiger partial charge >= 0.3 is 23.9 Å². The summed E-state index contributed by atoms with van der Waals surface area (Å²) >= 11 is 0. The van der Waals surface area contributed by atoms with E-state index in [0.29, 0.717) is 0 Å². The molecule has 3 N–H and O–H groups in total. The molecule has 0 spiro atoms. The van der Waals surface area contributed by atoms with Gasteiger partial charge in [-0.25, -0.2) is 18.4 Å². The molecule has 16 heteroatoms. The SMILES string of the molecule is CCn1cc(C(=O)O)c(=O)c2cc(F)c(N3CC(C)N(C(=O)C4NC(=O)NC(=O)C4[N+](=O)[O-])C(C)C3)c(F)c21. The summed E-state index contributed by atoms with van der Waals surface area (Å²) in [5, 5.41) is 24.2. The zero-order chi connectivity index (χ0) is 28.9. The average molecular weight is 550 g/mol. The van der Waals surface area contributed by atoms with Crippen molar-refractivity contribution in [3.8, 4) is 0 Å². The lowest BCUT2D eigenvalue weighted by Crippen LogP contribution is -2.71. The Morgan fingerprint density at radius 1 is 1.18 bits per heavy atom. The Morgan fingerprint density at radius 2 is 1.79 bits per heavy atom. The van der Waals surface area contributed by atoms with Gasteiger partial charge in [0.15, 0.2) is 11.9 Å². The smallest absolute Gasteiger partial charge is 0.341 e. The van der Waals surface area contributed by atoms with Crippen LogP contribution in [0, 0.1) is 21.7 Å². The number of nitrogens with one attached hydrogen (secondary N) is 2. The highest BCUT2D eigenvalue weighted by atomic mass is 19.1. The number of carboxylic acid groups (broad SMARTS) is 1. The van der Waals surface area contributed by atoms with Crippen LogP contribution < -0.4 is 21.0 Å². The van der Waals surface area contributed by atoms with Crippen LogP contribution in [0.4, 0.5) is 19.3 Å². The Balaban J connectivity index is 1.71. The maximum atomic E-state index is 15.9. The number of anilines is 1. The number of rotatable bonds is 5. The highest BCUT2D eigenvalue weighted by Crippen LogP contribution is 2.33. The van der Waals surface area contributed by atoms with E-state index in [0.717, 1.165) is 12.3 Å². The van der Waals surface area contributed by atoms with Crippen molar-refractivity contribution in [2.75, 3.05) is 18.0 Å². The molecule has 0 aliphatic carbocycles. The van der Waals surface area contributed by atoms with Crippen LogP contribution in [0.15, 0.2) is 17.1 Å². The van der Waals surface area contributed by atoms with Crippen LogP contribution in [0.3, 0.4) is 0 Å². The largest absolute Gasteiger partial charge is 0.477 e. The first-order chi connectivity index (χ1) is 18.3. The number of carboxylic acids is 1. The van der Waals surface area contributed by atoms with E-state index < -0.39 is 86.6 Å². The fourth-order valence-electron chi connectivity index (χ4n) is 5.28. The van der Waals surface area contributed by atoms with Gasteiger partial charge in [-0.1, -0.05) is 0 Å². The summed E-state index contributed by atoms with van der Waals surface area (Å²) in [4.78, 5) is 74.2. The van der Waals surface area contributed by atoms with Gasteiger partial charge in [-0.05, 0) is 26.8 Å². The summed E-state index contributed by atoms with van der Waals surface area (Å²) in [6, 6.07) is -5.71. The molecule has 2 saturated heterocycles. The fraction of sp³-hybridized carbons (Fsp3) is 0.435.